The van der Waals surface area contributed by atoms with Crippen LogP contribution >= 0.6 is 0 Å². The lowest BCUT2D eigenvalue weighted by atomic mass is 9.97. The summed E-state index contributed by atoms with van der Waals surface area (Å²) in [4.78, 5) is 73.0. The van der Waals surface area contributed by atoms with E-state index < -0.39 is 78.5 Å². The summed E-state index contributed by atoms with van der Waals surface area (Å²) < 4.78 is 0. The maximum absolute atomic E-state index is 13.0. The molecule has 0 aliphatic carbocycles. The standard InChI is InChI=1S/C20H33N5O8/c1-3-10(2)16(24-17(29)11(21)9-14(22)26)18(30)23-12(6-7-15(27)28)19(31)25-8-4-5-13(25)20(32)33/h10-13,16H,3-9,21H2,1-2H3,(H2,22,26)(H,23,30)(H,24,29)(H,27,28)(H,32,33). The summed E-state index contributed by atoms with van der Waals surface area (Å²) in [7, 11) is 0. The molecule has 1 aliphatic rings. The number of carbonyl (C=O) groups excluding carboxylic acids is 4. The number of nitrogens with two attached hydrogens (primary N) is 2. The Kier molecular flexibility index (Phi) is 10.7. The summed E-state index contributed by atoms with van der Waals surface area (Å²) in [5, 5.41) is 23.3. The molecule has 1 fully saturated rings. The van der Waals surface area contributed by atoms with E-state index >= 15 is 0 Å². The normalized spacial score (nSPS) is 19.1. The number of carboxylic acids is 2. The van der Waals surface area contributed by atoms with Crippen molar-refractivity contribution >= 4 is 35.6 Å². The number of nitrogens with one attached hydrogen (secondary N) is 2. The van der Waals surface area contributed by atoms with E-state index in [0.717, 1.165) is 4.90 Å². The van der Waals surface area contributed by atoms with Gasteiger partial charge in [0.15, 0.2) is 0 Å². The molecule has 0 aromatic carbocycles. The van der Waals surface area contributed by atoms with Crippen molar-refractivity contribution in [3.63, 3.8) is 0 Å². The molecule has 0 radical (unpaired) electrons. The van der Waals surface area contributed by atoms with Gasteiger partial charge in [-0.05, 0) is 25.2 Å². The number of carbonyl (C=O) groups is 6. The highest BCUT2D eigenvalue weighted by molar-refractivity contribution is 5.95. The average molecular weight is 472 g/mol. The second kappa shape index (κ2) is 12.7. The molecule has 0 aromatic rings. The van der Waals surface area contributed by atoms with Crippen LogP contribution in [0.15, 0.2) is 0 Å². The quantitative estimate of drug-likeness (QED) is 0.177. The predicted molar refractivity (Wildman–Crippen MR) is 114 cm³/mol. The van der Waals surface area contributed by atoms with Gasteiger partial charge >= 0.3 is 11.9 Å². The molecule has 33 heavy (non-hydrogen) atoms. The molecule has 0 aromatic heterocycles. The monoisotopic (exact) mass is 471 g/mol. The Morgan fingerprint density at radius 2 is 1.73 bits per heavy atom. The number of nitrogens with zero attached hydrogens (tertiary/aromatic N) is 1. The van der Waals surface area contributed by atoms with Crippen LogP contribution in [0.25, 0.3) is 0 Å². The zero-order valence-corrected chi connectivity index (χ0v) is 18.8. The third kappa shape index (κ3) is 8.33. The predicted octanol–water partition coefficient (Wildman–Crippen LogP) is -1.85. The molecule has 5 unspecified atom stereocenters. The molecular formula is C20H33N5O8. The summed E-state index contributed by atoms with van der Waals surface area (Å²) in [6, 6.07) is -4.75. The summed E-state index contributed by atoms with van der Waals surface area (Å²) in [6.07, 6.45) is 0.0586. The van der Waals surface area contributed by atoms with E-state index in [-0.39, 0.29) is 19.4 Å². The summed E-state index contributed by atoms with van der Waals surface area (Å²) in [5.74, 6) is -5.80. The van der Waals surface area contributed by atoms with Crippen molar-refractivity contribution in [3.05, 3.63) is 0 Å². The fraction of sp³-hybridized carbons (Fsp3) is 0.700. The lowest BCUT2D eigenvalue weighted by molar-refractivity contribution is -0.150. The van der Waals surface area contributed by atoms with Crippen molar-refractivity contribution in [1.82, 2.24) is 15.5 Å². The number of likely N-dealkylation sites (tertiary alicyclic amines) is 1. The second-order valence-corrected chi connectivity index (χ2v) is 8.17. The molecule has 186 valence electrons. The van der Waals surface area contributed by atoms with Crippen molar-refractivity contribution in [2.45, 2.75) is 76.5 Å². The van der Waals surface area contributed by atoms with E-state index in [9.17, 15) is 33.9 Å². The number of carboxylic acid groups (broad SMARTS) is 2. The van der Waals surface area contributed by atoms with Crippen LogP contribution in [0, 0.1) is 5.92 Å². The zero-order chi connectivity index (χ0) is 25.3. The van der Waals surface area contributed by atoms with E-state index in [2.05, 4.69) is 10.6 Å². The molecule has 13 nitrogen and oxygen atoms in total. The minimum atomic E-state index is -1.30. The van der Waals surface area contributed by atoms with Crippen LogP contribution in [-0.2, 0) is 28.8 Å². The highest BCUT2D eigenvalue weighted by atomic mass is 16.4. The van der Waals surface area contributed by atoms with E-state index in [4.69, 9.17) is 16.6 Å². The van der Waals surface area contributed by atoms with Crippen LogP contribution in [0.1, 0.15) is 52.4 Å². The molecule has 1 rings (SSSR count). The molecule has 1 heterocycles. The van der Waals surface area contributed by atoms with Crippen molar-refractivity contribution in [2.75, 3.05) is 6.54 Å². The van der Waals surface area contributed by atoms with Gasteiger partial charge in [0.2, 0.25) is 23.6 Å². The number of hydrogen-bond acceptors (Lipinski definition) is 7. The molecule has 5 atom stereocenters. The Hall–Kier alpha value is -3.22. The maximum atomic E-state index is 13.0. The van der Waals surface area contributed by atoms with Crippen LogP contribution in [-0.4, -0.2) is 81.4 Å². The maximum Gasteiger partial charge on any atom is 0.326 e. The SMILES string of the molecule is CCC(C)C(NC(=O)C(N)CC(N)=O)C(=O)NC(CCC(=O)O)C(=O)N1CCCC1C(=O)O. The third-order valence-electron chi connectivity index (χ3n) is 5.63. The van der Waals surface area contributed by atoms with E-state index in [1.165, 1.54) is 0 Å². The van der Waals surface area contributed by atoms with Gasteiger partial charge in [-0.25, -0.2) is 4.79 Å². The molecule has 4 amide bonds. The Bertz CT molecular complexity index is 774. The number of rotatable bonds is 13. The van der Waals surface area contributed by atoms with Crippen LogP contribution in [0.3, 0.4) is 0 Å². The Labute approximate surface area is 191 Å². The topological polar surface area (TPSA) is 222 Å². The van der Waals surface area contributed by atoms with Gasteiger partial charge in [0, 0.05) is 13.0 Å². The number of primary amides is 1. The zero-order valence-electron chi connectivity index (χ0n) is 18.8. The van der Waals surface area contributed by atoms with Gasteiger partial charge in [-0.2, -0.15) is 0 Å². The van der Waals surface area contributed by atoms with E-state index in [0.29, 0.717) is 12.8 Å². The first-order valence-electron chi connectivity index (χ1n) is 10.8. The first-order valence-corrected chi connectivity index (χ1v) is 10.8. The molecule has 0 saturated carbocycles. The van der Waals surface area contributed by atoms with Crippen LogP contribution in [0.2, 0.25) is 0 Å². The smallest absolute Gasteiger partial charge is 0.326 e. The lowest BCUT2D eigenvalue weighted by Crippen LogP contribution is -2.58. The van der Waals surface area contributed by atoms with Crippen molar-refractivity contribution < 1.29 is 39.0 Å². The minimum Gasteiger partial charge on any atom is -0.481 e. The fourth-order valence-corrected chi connectivity index (χ4v) is 3.55. The molecule has 1 saturated heterocycles. The molecule has 8 N–H and O–H groups in total. The van der Waals surface area contributed by atoms with Crippen LogP contribution in [0.4, 0.5) is 0 Å². The van der Waals surface area contributed by atoms with Gasteiger partial charge in [-0.15, -0.1) is 0 Å². The molecular weight excluding hydrogens is 438 g/mol. The third-order valence-corrected chi connectivity index (χ3v) is 5.63. The van der Waals surface area contributed by atoms with Gasteiger partial charge in [-0.3, -0.25) is 24.0 Å². The number of amides is 4. The fourth-order valence-electron chi connectivity index (χ4n) is 3.55. The van der Waals surface area contributed by atoms with Crippen LogP contribution in [0.5, 0.6) is 0 Å². The van der Waals surface area contributed by atoms with Crippen molar-refractivity contribution in [1.29, 1.82) is 0 Å². The summed E-state index contributed by atoms with van der Waals surface area (Å²) in [5.41, 5.74) is 10.7. The first kappa shape index (κ1) is 27.8. The van der Waals surface area contributed by atoms with E-state index in [1.54, 1.807) is 13.8 Å². The van der Waals surface area contributed by atoms with Crippen molar-refractivity contribution in [3.8, 4) is 0 Å². The van der Waals surface area contributed by atoms with Gasteiger partial charge in [0.25, 0.3) is 0 Å². The Morgan fingerprint density at radius 3 is 2.24 bits per heavy atom. The molecule has 1 aliphatic heterocycles. The highest BCUT2D eigenvalue weighted by Crippen LogP contribution is 2.20. The van der Waals surface area contributed by atoms with Crippen LogP contribution < -0.4 is 22.1 Å². The highest BCUT2D eigenvalue weighted by Gasteiger charge is 2.39. The lowest BCUT2D eigenvalue weighted by Gasteiger charge is -2.30. The second-order valence-electron chi connectivity index (χ2n) is 8.17. The average Bonchev–Trinajstić information content (AvgIpc) is 3.23. The minimum absolute atomic E-state index is 0.169. The summed E-state index contributed by atoms with van der Waals surface area (Å²) >= 11 is 0. The molecule has 0 bridgehead atoms. The number of aliphatic carboxylic acids is 2. The Morgan fingerprint density at radius 1 is 1.09 bits per heavy atom. The first-order chi connectivity index (χ1) is 15.4. The number of hydrogen-bond donors (Lipinski definition) is 6. The van der Waals surface area contributed by atoms with Gasteiger partial charge < -0.3 is 37.2 Å². The van der Waals surface area contributed by atoms with Crippen molar-refractivity contribution in [2.24, 2.45) is 17.4 Å². The van der Waals surface area contributed by atoms with Gasteiger partial charge in [0.1, 0.15) is 18.1 Å². The van der Waals surface area contributed by atoms with Gasteiger partial charge in [0.05, 0.1) is 12.5 Å². The summed E-state index contributed by atoms with van der Waals surface area (Å²) in [6.45, 7) is 3.62. The molecule has 0 spiro atoms. The largest absolute Gasteiger partial charge is 0.481 e. The van der Waals surface area contributed by atoms with Gasteiger partial charge in [-0.1, -0.05) is 20.3 Å². The Balaban J connectivity index is 3.05. The molecule has 13 heteroatoms. The van der Waals surface area contributed by atoms with E-state index in [1.807, 2.05) is 0 Å².